The largest absolute Gasteiger partial charge is 0.383 e. The Bertz CT molecular complexity index is 526. The van der Waals surface area contributed by atoms with Gasteiger partial charge in [0.05, 0.1) is 22.4 Å². The lowest BCUT2D eigenvalue weighted by molar-refractivity contribution is 0.686. The van der Waals surface area contributed by atoms with E-state index in [2.05, 4.69) is 26.1 Å². The van der Waals surface area contributed by atoms with Crippen LogP contribution in [-0.2, 0) is 13.6 Å². The van der Waals surface area contributed by atoms with Crippen molar-refractivity contribution in [3.8, 4) is 0 Å². The summed E-state index contributed by atoms with van der Waals surface area (Å²) in [5.41, 5.74) is 8.97. The van der Waals surface area contributed by atoms with Gasteiger partial charge in [0.15, 0.2) is 0 Å². The predicted molar refractivity (Wildman–Crippen MR) is 66.1 cm³/mol. The van der Waals surface area contributed by atoms with Gasteiger partial charge in [0.1, 0.15) is 5.82 Å². The maximum atomic E-state index is 5.93. The first-order valence-electron chi connectivity index (χ1n) is 4.96. The van der Waals surface area contributed by atoms with E-state index in [9.17, 15) is 0 Å². The molecule has 0 aliphatic rings. The lowest BCUT2D eigenvalue weighted by Gasteiger charge is -2.02. The molecular weight excluding hydrogens is 270 g/mol. The molecule has 0 saturated carbocycles. The maximum absolute atomic E-state index is 5.93. The van der Waals surface area contributed by atoms with E-state index in [1.165, 1.54) is 0 Å². The highest BCUT2D eigenvalue weighted by molar-refractivity contribution is 9.10. The molecule has 2 N–H and O–H groups in total. The molecule has 0 bridgehead atoms. The van der Waals surface area contributed by atoms with Gasteiger partial charge in [-0.15, -0.1) is 0 Å². The third-order valence-corrected chi connectivity index (χ3v) is 3.51. The molecule has 0 unspecified atom stereocenters. The molecule has 0 saturated heterocycles. The molecule has 0 fully saturated rings. The van der Waals surface area contributed by atoms with Gasteiger partial charge in [-0.25, -0.2) is 4.68 Å². The fraction of sp³-hybridized carbons (Fsp3) is 0.400. The standard InChI is InChI=1S/C10H14BrN5/c1-6-8(4-15(3)13-6)5-16-10(12)9(11)7(2)14-16/h4H,5,12H2,1-3H3. The summed E-state index contributed by atoms with van der Waals surface area (Å²) in [5, 5.41) is 8.65. The zero-order chi connectivity index (χ0) is 11.9. The minimum atomic E-state index is 0.651. The molecule has 86 valence electrons. The molecule has 0 radical (unpaired) electrons. The van der Waals surface area contributed by atoms with Crippen LogP contribution in [0.5, 0.6) is 0 Å². The van der Waals surface area contributed by atoms with E-state index in [0.29, 0.717) is 12.4 Å². The molecule has 2 aromatic rings. The molecule has 6 heteroatoms. The smallest absolute Gasteiger partial charge is 0.136 e. The quantitative estimate of drug-likeness (QED) is 0.911. The van der Waals surface area contributed by atoms with E-state index in [4.69, 9.17) is 5.73 Å². The zero-order valence-corrected chi connectivity index (χ0v) is 11.1. The molecule has 0 aliphatic heterocycles. The number of nitrogen functional groups attached to an aromatic ring is 1. The van der Waals surface area contributed by atoms with Crippen molar-refractivity contribution in [1.82, 2.24) is 19.6 Å². The minimum Gasteiger partial charge on any atom is -0.383 e. The van der Waals surface area contributed by atoms with Gasteiger partial charge in [0.25, 0.3) is 0 Å². The van der Waals surface area contributed by atoms with Crippen molar-refractivity contribution in [2.75, 3.05) is 5.73 Å². The van der Waals surface area contributed by atoms with E-state index in [-0.39, 0.29) is 0 Å². The van der Waals surface area contributed by atoms with Crippen LogP contribution in [0.25, 0.3) is 0 Å². The van der Waals surface area contributed by atoms with Crippen molar-refractivity contribution in [1.29, 1.82) is 0 Å². The molecule has 0 aliphatic carbocycles. The lowest BCUT2D eigenvalue weighted by atomic mass is 10.3. The van der Waals surface area contributed by atoms with Crippen LogP contribution in [0.2, 0.25) is 0 Å². The summed E-state index contributed by atoms with van der Waals surface area (Å²) in [6, 6.07) is 0. The van der Waals surface area contributed by atoms with Crippen LogP contribution in [0.3, 0.4) is 0 Å². The van der Waals surface area contributed by atoms with Gasteiger partial charge in [-0.3, -0.25) is 4.68 Å². The topological polar surface area (TPSA) is 61.7 Å². The number of nitrogens with zero attached hydrogens (tertiary/aromatic N) is 4. The summed E-state index contributed by atoms with van der Waals surface area (Å²) in [6.07, 6.45) is 1.99. The number of aryl methyl sites for hydroxylation is 3. The molecule has 0 aromatic carbocycles. The number of nitrogens with two attached hydrogens (primary N) is 1. The summed E-state index contributed by atoms with van der Waals surface area (Å²) >= 11 is 3.41. The second kappa shape index (κ2) is 3.93. The number of hydrogen-bond acceptors (Lipinski definition) is 3. The van der Waals surface area contributed by atoms with E-state index < -0.39 is 0 Å². The van der Waals surface area contributed by atoms with Crippen LogP contribution >= 0.6 is 15.9 Å². The van der Waals surface area contributed by atoms with E-state index in [0.717, 1.165) is 21.4 Å². The Kier molecular flexibility index (Phi) is 2.75. The van der Waals surface area contributed by atoms with Gasteiger partial charge in [0, 0.05) is 18.8 Å². The Hall–Kier alpha value is -1.30. The first kappa shape index (κ1) is 11.2. The van der Waals surface area contributed by atoms with Gasteiger partial charge in [-0.1, -0.05) is 0 Å². The molecule has 0 amide bonds. The van der Waals surface area contributed by atoms with Gasteiger partial charge >= 0.3 is 0 Å². The Morgan fingerprint density at radius 1 is 1.31 bits per heavy atom. The van der Waals surface area contributed by atoms with Gasteiger partial charge in [0.2, 0.25) is 0 Å². The predicted octanol–water partition coefficient (Wildman–Crippen LogP) is 1.63. The van der Waals surface area contributed by atoms with Crippen molar-refractivity contribution < 1.29 is 0 Å². The van der Waals surface area contributed by atoms with Crippen LogP contribution in [0.15, 0.2) is 10.7 Å². The van der Waals surface area contributed by atoms with Crippen LogP contribution in [0, 0.1) is 13.8 Å². The number of hydrogen-bond donors (Lipinski definition) is 1. The third-order valence-electron chi connectivity index (χ3n) is 2.53. The normalized spacial score (nSPS) is 11.0. The Labute approximate surface area is 102 Å². The summed E-state index contributed by atoms with van der Waals surface area (Å²) < 4.78 is 4.45. The molecule has 0 atom stereocenters. The lowest BCUT2D eigenvalue weighted by Crippen LogP contribution is -2.06. The molecule has 2 heterocycles. The summed E-state index contributed by atoms with van der Waals surface area (Å²) in [5.74, 6) is 0.653. The number of anilines is 1. The second-order valence-electron chi connectivity index (χ2n) is 3.86. The van der Waals surface area contributed by atoms with Crippen molar-refractivity contribution in [3.05, 3.63) is 27.6 Å². The van der Waals surface area contributed by atoms with Crippen molar-refractivity contribution >= 4 is 21.7 Å². The van der Waals surface area contributed by atoms with Crippen molar-refractivity contribution in [2.45, 2.75) is 20.4 Å². The van der Waals surface area contributed by atoms with Gasteiger partial charge in [-0.05, 0) is 29.8 Å². The molecule has 2 rings (SSSR count). The highest BCUT2D eigenvalue weighted by atomic mass is 79.9. The Morgan fingerprint density at radius 2 is 2.00 bits per heavy atom. The molecule has 2 aromatic heterocycles. The highest BCUT2D eigenvalue weighted by Gasteiger charge is 2.11. The third kappa shape index (κ3) is 1.84. The van der Waals surface area contributed by atoms with E-state index >= 15 is 0 Å². The fourth-order valence-corrected chi connectivity index (χ4v) is 1.95. The average Bonchev–Trinajstić information content (AvgIpc) is 2.64. The SMILES string of the molecule is Cc1nn(C)cc1Cn1nc(C)c(Br)c1N. The van der Waals surface area contributed by atoms with Crippen LogP contribution in [0.4, 0.5) is 5.82 Å². The van der Waals surface area contributed by atoms with Gasteiger partial charge in [-0.2, -0.15) is 10.2 Å². The highest BCUT2D eigenvalue weighted by Crippen LogP contribution is 2.23. The molecular formula is C10H14BrN5. The van der Waals surface area contributed by atoms with Crippen LogP contribution in [0.1, 0.15) is 17.0 Å². The van der Waals surface area contributed by atoms with Crippen molar-refractivity contribution in [2.24, 2.45) is 7.05 Å². The van der Waals surface area contributed by atoms with Crippen LogP contribution in [-0.4, -0.2) is 19.6 Å². The van der Waals surface area contributed by atoms with Crippen LogP contribution < -0.4 is 5.73 Å². The minimum absolute atomic E-state index is 0.651. The monoisotopic (exact) mass is 283 g/mol. The first-order valence-corrected chi connectivity index (χ1v) is 5.76. The van der Waals surface area contributed by atoms with E-state index in [1.807, 2.05) is 27.1 Å². The molecule has 5 nitrogen and oxygen atoms in total. The molecule has 16 heavy (non-hydrogen) atoms. The Morgan fingerprint density at radius 3 is 2.44 bits per heavy atom. The zero-order valence-electron chi connectivity index (χ0n) is 9.53. The summed E-state index contributed by atoms with van der Waals surface area (Å²) in [4.78, 5) is 0. The number of aromatic nitrogens is 4. The molecule has 0 spiro atoms. The van der Waals surface area contributed by atoms with Crippen molar-refractivity contribution in [3.63, 3.8) is 0 Å². The number of rotatable bonds is 2. The van der Waals surface area contributed by atoms with Gasteiger partial charge < -0.3 is 5.73 Å². The average molecular weight is 284 g/mol. The van der Waals surface area contributed by atoms with E-state index in [1.54, 1.807) is 9.36 Å². The number of halogens is 1. The first-order chi connectivity index (χ1) is 7.49. The Balaban J connectivity index is 2.34. The second-order valence-corrected chi connectivity index (χ2v) is 4.65. The maximum Gasteiger partial charge on any atom is 0.136 e. The fourth-order valence-electron chi connectivity index (χ4n) is 1.66. The summed E-state index contributed by atoms with van der Waals surface area (Å²) in [6.45, 7) is 4.56. The summed E-state index contributed by atoms with van der Waals surface area (Å²) in [7, 11) is 1.91.